The molecule has 3 rings (SSSR count). The molecule has 0 radical (unpaired) electrons. The highest BCUT2D eigenvalue weighted by Crippen LogP contribution is 2.28. The van der Waals surface area contributed by atoms with Crippen molar-refractivity contribution in [1.29, 1.82) is 0 Å². The van der Waals surface area contributed by atoms with E-state index in [1.807, 2.05) is 4.90 Å². The van der Waals surface area contributed by atoms with Crippen molar-refractivity contribution in [2.45, 2.75) is 26.2 Å². The molecule has 0 spiro atoms. The van der Waals surface area contributed by atoms with Crippen molar-refractivity contribution >= 4 is 29.6 Å². The SMILES string of the molecule is CCNC(=O)Nc1ncnc(CC2CCN(c3ccc(N=C/C=C\N)nc3F)CC2)c1F.[HH].[HH]. The Morgan fingerprint density at radius 3 is 2.81 bits per heavy atom. The predicted molar refractivity (Wildman–Crippen MR) is 123 cm³/mol. The standard InChI is InChI=1S/C21H26F2N8O.2H2/c1-2-25-21(32)30-20-18(22)15(27-13-28-20)12-14-6-10-31(11-7-14)16-4-5-17(29-19(16)23)26-9-3-8-24;;/h3-5,8-9,13-14H,2,6-7,10-12,24H2,1H3,(H2,25,27,28,30,32);2*1H/b8-3-,26-9?;;. The Balaban J connectivity index is 0.00000289. The molecule has 1 saturated heterocycles. The van der Waals surface area contributed by atoms with E-state index in [4.69, 9.17) is 5.73 Å². The number of carbonyl (C=O) groups excluding carboxylic acids is 1. The summed E-state index contributed by atoms with van der Waals surface area (Å²) in [6.07, 6.45) is 7.42. The lowest BCUT2D eigenvalue weighted by Crippen LogP contribution is -2.35. The number of piperidine rings is 1. The molecule has 2 amide bonds. The van der Waals surface area contributed by atoms with Gasteiger partial charge < -0.3 is 16.0 Å². The van der Waals surface area contributed by atoms with Gasteiger partial charge >= 0.3 is 6.03 Å². The minimum Gasteiger partial charge on any atom is -0.405 e. The summed E-state index contributed by atoms with van der Waals surface area (Å²) in [4.78, 5) is 29.3. The molecule has 4 N–H and O–H groups in total. The van der Waals surface area contributed by atoms with Crippen molar-refractivity contribution in [2.24, 2.45) is 16.6 Å². The summed E-state index contributed by atoms with van der Waals surface area (Å²) < 4.78 is 29.2. The quantitative estimate of drug-likeness (QED) is 0.441. The van der Waals surface area contributed by atoms with E-state index in [0.717, 1.165) is 12.8 Å². The van der Waals surface area contributed by atoms with Gasteiger partial charge in [-0.05, 0) is 56.5 Å². The van der Waals surface area contributed by atoms with Gasteiger partial charge in [0.2, 0.25) is 5.95 Å². The van der Waals surface area contributed by atoms with Gasteiger partial charge in [0, 0.05) is 28.7 Å². The third-order valence-electron chi connectivity index (χ3n) is 5.09. The number of allylic oxidation sites excluding steroid dienone is 1. The number of pyridine rings is 1. The normalized spacial score (nSPS) is 14.9. The van der Waals surface area contributed by atoms with Crippen LogP contribution in [0.4, 0.5) is 30.9 Å². The molecule has 174 valence electrons. The van der Waals surface area contributed by atoms with Gasteiger partial charge in [-0.3, -0.25) is 5.32 Å². The Morgan fingerprint density at radius 2 is 2.12 bits per heavy atom. The van der Waals surface area contributed by atoms with Crippen LogP contribution in [0.15, 0.2) is 35.7 Å². The molecule has 0 saturated carbocycles. The summed E-state index contributed by atoms with van der Waals surface area (Å²) in [5, 5.41) is 4.92. The van der Waals surface area contributed by atoms with Crippen LogP contribution in [0.5, 0.6) is 0 Å². The number of aliphatic imine (C=N–C) groups is 1. The number of nitrogens with zero attached hydrogens (tertiary/aromatic N) is 5. The lowest BCUT2D eigenvalue weighted by atomic mass is 9.91. The number of aromatic nitrogens is 3. The molecule has 1 fully saturated rings. The van der Waals surface area contributed by atoms with Crippen LogP contribution < -0.4 is 21.3 Å². The van der Waals surface area contributed by atoms with Crippen LogP contribution in [0, 0.1) is 17.7 Å². The number of carbonyl (C=O) groups is 1. The van der Waals surface area contributed by atoms with E-state index >= 15 is 0 Å². The number of urea groups is 1. The van der Waals surface area contributed by atoms with Crippen molar-refractivity contribution in [3.8, 4) is 0 Å². The van der Waals surface area contributed by atoms with Gasteiger partial charge in [0.1, 0.15) is 6.33 Å². The minimum atomic E-state index is -0.628. The monoisotopic (exact) mass is 448 g/mol. The molecule has 0 atom stereocenters. The fraction of sp³-hybridized carbons (Fsp3) is 0.381. The maximum Gasteiger partial charge on any atom is 0.320 e. The van der Waals surface area contributed by atoms with Crippen molar-refractivity contribution < 1.29 is 16.4 Å². The second-order valence-corrected chi connectivity index (χ2v) is 7.24. The largest absolute Gasteiger partial charge is 0.405 e. The summed E-state index contributed by atoms with van der Waals surface area (Å²) in [5.74, 6) is -0.919. The third kappa shape index (κ3) is 5.96. The number of hydrogen-bond donors (Lipinski definition) is 3. The van der Waals surface area contributed by atoms with E-state index < -0.39 is 17.8 Å². The van der Waals surface area contributed by atoms with E-state index in [0.29, 0.717) is 31.7 Å². The summed E-state index contributed by atoms with van der Waals surface area (Å²) in [5.41, 5.74) is 5.90. The first-order chi connectivity index (χ1) is 15.5. The van der Waals surface area contributed by atoms with Gasteiger partial charge in [0.15, 0.2) is 17.5 Å². The molecular formula is C21H30F2N8O. The van der Waals surface area contributed by atoms with Gasteiger partial charge in [0.25, 0.3) is 0 Å². The second kappa shape index (κ2) is 11.1. The Morgan fingerprint density at radius 1 is 1.34 bits per heavy atom. The number of anilines is 2. The first-order valence-electron chi connectivity index (χ1n) is 10.4. The molecule has 2 aromatic rings. The molecule has 0 unspecified atom stereocenters. The zero-order valence-corrected chi connectivity index (χ0v) is 17.8. The molecule has 0 aromatic carbocycles. The van der Waals surface area contributed by atoms with Crippen LogP contribution in [-0.4, -0.2) is 46.8 Å². The molecule has 9 nitrogen and oxygen atoms in total. The molecule has 3 heterocycles. The van der Waals surface area contributed by atoms with Crippen molar-refractivity contribution in [1.82, 2.24) is 20.3 Å². The van der Waals surface area contributed by atoms with Gasteiger partial charge in [-0.25, -0.2) is 24.1 Å². The summed E-state index contributed by atoms with van der Waals surface area (Å²) >= 11 is 0. The first-order valence-corrected chi connectivity index (χ1v) is 10.4. The number of halogens is 2. The lowest BCUT2D eigenvalue weighted by molar-refractivity contribution is 0.252. The summed E-state index contributed by atoms with van der Waals surface area (Å²) in [7, 11) is 0. The zero-order valence-electron chi connectivity index (χ0n) is 17.8. The van der Waals surface area contributed by atoms with Gasteiger partial charge in [-0.1, -0.05) is 0 Å². The van der Waals surface area contributed by atoms with E-state index in [1.54, 1.807) is 19.1 Å². The Kier molecular flexibility index (Phi) is 8.01. The maximum absolute atomic E-state index is 14.7. The molecule has 0 bridgehead atoms. The van der Waals surface area contributed by atoms with Crippen molar-refractivity contribution in [3.05, 3.63) is 48.2 Å². The fourth-order valence-electron chi connectivity index (χ4n) is 3.49. The highest BCUT2D eigenvalue weighted by atomic mass is 19.1. The second-order valence-electron chi connectivity index (χ2n) is 7.24. The van der Waals surface area contributed by atoms with E-state index in [9.17, 15) is 13.6 Å². The fourth-order valence-corrected chi connectivity index (χ4v) is 3.49. The number of hydrogen-bond acceptors (Lipinski definition) is 7. The highest BCUT2D eigenvalue weighted by Gasteiger charge is 2.24. The molecule has 1 aliphatic heterocycles. The van der Waals surface area contributed by atoms with Crippen LogP contribution in [0.1, 0.15) is 28.3 Å². The zero-order chi connectivity index (χ0) is 22.9. The van der Waals surface area contributed by atoms with Gasteiger partial charge in [-0.2, -0.15) is 9.37 Å². The average Bonchev–Trinajstić information content (AvgIpc) is 2.78. The summed E-state index contributed by atoms with van der Waals surface area (Å²) in [6, 6.07) is 2.78. The van der Waals surface area contributed by atoms with Crippen LogP contribution in [0.2, 0.25) is 0 Å². The van der Waals surface area contributed by atoms with E-state index in [-0.39, 0.29) is 26.1 Å². The molecule has 2 aromatic heterocycles. The van der Waals surface area contributed by atoms with Crippen LogP contribution in [0.25, 0.3) is 0 Å². The lowest BCUT2D eigenvalue weighted by Gasteiger charge is -2.33. The Bertz CT molecular complexity index is 1000. The van der Waals surface area contributed by atoms with E-state index in [2.05, 4.69) is 30.6 Å². The maximum atomic E-state index is 14.7. The Labute approximate surface area is 187 Å². The smallest absolute Gasteiger partial charge is 0.320 e. The number of amides is 2. The number of rotatable bonds is 7. The minimum absolute atomic E-state index is 0. The Hall–Kier alpha value is -3.63. The highest BCUT2D eigenvalue weighted by molar-refractivity contribution is 5.88. The topological polar surface area (TPSA) is 121 Å². The van der Waals surface area contributed by atoms with Crippen LogP contribution in [0.3, 0.4) is 0 Å². The third-order valence-corrected chi connectivity index (χ3v) is 5.09. The van der Waals surface area contributed by atoms with E-state index in [1.165, 1.54) is 24.8 Å². The molecule has 11 heteroatoms. The van der Waals surface area contributed by atoms with Crippen molar-refractivity contribution in [2.75, 3.05) is 29.9 Å². The first kappa shape index (κ1) is 23.0. The van der Waals surface area contributed by atoms with Gasteiger partial charge in [-0.15, -0.1) is 0 Å². The van der Waals surface area contributed by atoms with Gasteiger partial charge in [0.05, 0.1) is 11.4 Å². The van der Waals surface area contributed by atoms with Crippen LogP contribution in [-0.2, 0) is 6.42 Å². The van der Waals surface area contributed by atoms with Crippen LogP contribution >= 0.6 is 0 Å². The molecule has 1 aliphatic rings. The number of nitrogens with two attached hydrogens (primary N) is 1. The molecule has 0 aliphatic carbocycles. The molecular weight excluding hydrogens is 418 g/mol. The predicted octanol–water partition coefficient (Wildman–Crippen LogP) is 3.42. The van der Waals surface area contributed by atoms with Crippen molar-refractivity contribution in [3.63, 3.8) is 0 Å². The molecule has 32 heavy (non-hydrogen) atoms. The average molecular weight is 449 g/mol. The number of nitrogens with one attached hydrogen (secondary N) is 2. The summed E-state index contributed by atoms with van der Waals surface area (Å²) in [6.45, 7) is 3.40.